The van der Waals surface area contributed by atoms with Crippen LogP contribution >= 0.6 is 11.3 Å². The molecule has 1 N–H and O–H groups in total. The Bertz CT molecular complexity index is 486. The van der Waals surface area contributed by atoms with Crippen molar-refractivity contribution >= 4 is 28.9 Å². The number of ether oxygens (including phenoxy) is 1. The number of amides is 1. The number of thiophene rings is 1. The largest absolute Gasteiger partial charge is 0.469 e. The summed E-state index contributed by atoms with van der Waals surface area (Å²) in [4.78, 5) is 28.5. The first-order chi connectivity index (χ1) is 10.6. The molecule has 7 heteroatoms. The van der Waals surface area contributed by atoms with E-state index in [2.05, 4.69) is 15.2 Å². The maximum Gasteiger partial charge on any atom is 0.305 e. The van der Waals surface area contributed by atoms with Crippen molar-refractivity contribution in [1.29, 1.82) is 0 Å². The van der Waals surface area contributed by atoms with E-state index >= 15 is 0 Å². The zero-order valence-electron chi connectivity index (χ0n) is 13.0. The topological polar surface area (TPSA) is 77.0 Å². The van der Waals surface area contributed by atoms with Crippen molar-refractivity contribution < 1.29 is 19.2 Å². The number of esters is 1. The third-order valence-electron chi connectivity index (χ3n) is 2.88. The molecule has 0 aliphatic carbocycles. The van der Waals surface area contributed by atoms with Crippen LogP contribution in [0.3, 0.4) is 0 Å². The second kappa shape index (κ2) is 10.8. The van der Waals surface area contributed by atoms with Crippen molar-refractivity contribution in [3.05, 3.63) is 22.4 Å². The van der Waals surface area contributed by atoms with Crippen LogP contribution in [0.15, 0.2) is 22.7 Å². The Balaban J connectivity index is 2.04. The lowest BCUT2D eigenvalue weighted by Crippen LogP contribution is -2.28. The Morgan fingerprint density at radius 2 is 2.14 bits per heavy atom. The van der Waals surface area contributed by atoms with Gasteiger partial charge in [0.2, 0.25) is 0 Å². The summed E-state index contributed by atoms with van der Waals surface area (Å²) in [6.45, 7) is 2.31. The van der Waals surface area contributed by atoms with E-state index in [9.17, 15) is 9.59 Å². The van der Waals surface area contributed by atoms with Crippen molar-refractivity contribution in [2.45, 2.75) is 32.6 Å². The van der Waals surface area contributed by atoms with Crippen LogP contribution in [-0.2, 0) is 19.2 Å². The van der Waals surface area contributed by atoms with Crippen LogP contribution in [0.1, 0.15) is 37.5 Å². The van der Waals surface area contributed by atoms with Crippen LogP contribution < -0.4 is 5.32 Å². The lowest BCUT2D eigenvalue weighted by Gasteiger charge is -2.04. The number of carbonyl (C=O) groups is 2. The fourth-order valence-corrected chi connectivity index (χ4v) is 2.34. The van der Waals surface area contributed by atoms with Crippen LogP contribution in [0, 0.1) is 0 Å². The average molecular weight is 326 g/mol. The number of unbranched alkanes of at least 4 members (excludes halogenated alkanes) is 2. The molecule has 0 fully saturated rings. The van der Waals surface area contributed by atoms with Crippen molar-refractivity contribution in [3.8, 4) is 0 Å². The number of oxime groups is 1. The smallest absolute Gasteiger partial charge is 0.305 e. The maximum atomic E-state index is 11.5. The molecule has 122 valence electrons. The first-order valence-electron chi connectivity index (χ1n) is 7.17. The van der Waals surface area contributed by atoms with Gasteiger partial charge in [0, 0.05) is 13.0 Å². The fraction of sp³-hybridized carbons (Fsp3) is 0.533. The van der Waals surface area contributed by atoms with E-state index in [0.29, 0.717) is 13.0 Å². The Hall–Kier alpha value is -1.89. The van der Waals surface area contributed by atoms with Crippen molar-refractivity contribution in [2.75, 3.05) is 20.3 Å². The minimum atomic E-state index is -0.198. The number of methoxy groups -OCH3 is 1. The van der Waals surface area contributed by atoms with Gasteiger partial charge in [-0.25, -0.2) is 0 Å². The summed E-state index contributed by atoms with van der Waals surface area (Å²) in [6.07, 6.45) is 2.87. The van der Waals surface area contributed by atoms with Crippen molar-refractivity contribution in [1.82, 2.24) is 5.32 Å². The molecule has 0 aliphatic heterocycles. The van der Waals surface area contributed by atoms with Crippen LogP contribution in [-0.4, -0.2) is 37.8 Å². The maximum absolute atomic E-state index is 11.5. The Morgan fingerprint density at radius 1 is 1.32 bits per heavy atom. The first kappa shape index (κ1) is 18.2. The van der Waals surface area contributed by atoms with Gasteiger partial charge in [-0.05, 0) is 31.2 Å². The Kier molecular flexibility index (Phi) is 8.90. The van der Waals surface area contributed by atoms with Gasteiger partial charge in [0.15, 0.2) is 6.61 Å². The summed E-state index contributed by atoms with van der Waals surface area (Å²) in [7, 11) is 1.38. The highest BCUT2D eigenvalue weighted by molar-refractivity contribution is 7.12. The van der Waals surface area contributed by atoms with Gasteiger partial charge in [0.05, 0.1) is 17.7 Å². The van der Waals surface area contributed by atoms with Crippen LogP contribution in [0.4, 0.5) is 0 Å². The van der Waals surface area contributed by atoms with Gasteiger partial charge in [0.25, 0.3) is 5.91 Å². The summed E-state index contributed by atoms with van der Waals surface area (Å²) in [6, 6.07) is 3.88. The SMILES string of the molecule is COC(=O)CCCCCNC(=O)CON=C(C)c1cccs1. The number of rotatable bonds is 10. The number of nitrogens with zero attached hydrogens (tertiary/aromatic N) is 1. The van der Waals surface area contributed by atoms with Gasteiger partial charge in [-0.15, -0.1) is 11.3 Å². The van der Waals surface area contributed by atoms with E-state index in [1.165, 1.54) is 7.11 Å². The molecule has 22 heavy (non-hydrogen) atoms. The average Bonchev–Trinajstić information content (AvgIpc) is 3.04. The van der Waals surface area contributed by atoms with Crippen molar-refractivity contribution in [3.63, 3.8) is 0 Å². The van der Waals surface area contributed by atoms with Crippen LogP contribution in [0.2, 0.25) is 0 Å². The number of hydrogen-bond acceptors (Lipinski definition) is 6. The zero-order chi connectivity index (χ0) is 16.2. The van der Waals surface area contributed by atoms with Gasteiger partial charge >= 0.3 is 5.97 Å². The molecule has 0 spiro atoms. The van der Waals surface area contributed by atoms with E-state index < -0.39 is 0 Å². The third-order valence-corrected chi connectivity index (χ3v) is 3.86. The van der Waals surface area contributed by atoms with Gasteiger partial charge in [-0.2, -0.15) is 0 Å². The molecule has 1 aromatic heterocycles. The lowest BCUT2D eigenvalue weighted by atomic mass is 10.2. The van der Waals surface area contributed by atoms with Gasteiger partial charge in [-0.1, -0.05) is 17.6 Å². The summed E-state index contributed by atoms with van der Waals surface area (Å²) in [5, 5.41) is 8.61. The molecule has 0 aliphatic rings. The minimum absolute atomic E-state index is 0.0924. The highest BCUT2D eigenvalue weighted by Crippen LogP contribution is 2.09. The van der Waals surface area contributed by atoms with Gasteiger partial charge < -0.3 is 14.9 Å². The van der Waals surface area contributed by atoms with Gasteiger partial charge in [-0.3, -0.25) is 9.59 Å². The minimum Gasteiger partial charge on any atom is -0.469 e. The third kappa shape index (κ3) is 7.78. The van der Waals surface area contributed by atoms with E-state index in [-0.39, 0.29) is 18.5 Å². The molecule has 1 heterocycles. The molecular formula is C15H22N2O4S. The van der Waals surface area contributed by atoms with E-state index in [4.69, 9.17) is 4.84 Å². The number of hydrogen-bond donors (Lipinski definition) is 1. The fourth-order valence-electron chi connectivity index (χ4n) is 1.67. The first-order valence-corrected chi connectivity index (χ1v) is 8.05. The van der Waals surface area contributed by atoms with E-state index in [0.717, 1.165) is 29.9 Å². The molecule has 0 atom stereocenters. The van der Waals surface area contributed by atoms with Crippen molar-refractivity contribution in [2.24, 2.45) is 5.16 Å². The Labute approximate surface area is 134 Å². The second-order valence-corrected chi connectivity index (χ2v) is 5.61. The van der Waals surface area contributed by atoms with Crippen LogP contribution in [0.5, 0.6) is 0 Å². The molecular weight excluding hydrogens is 304 g/mol. The van der Waals surface area contributed by atoms with Gasteiger partial charge in [0.1, 0.15) is 0 Å². The molecule has 0 radical (unpaired) electrons. The van der Waals surface area contributed by atoms with E-state index in [1.54, 1.807) is 11.3 Å². The lowest BCUT2D eigenvalue weighted by molar-refractivity contribution is -0.140. The highest BCUT2D eigenvalue weighted by atomic mass is 32.1. The summed E-state index contributed by atoms with van der Waals surface area (Å²) in [5.74, 6) is -0.396. The molecule has 0 bridgehead atoms. The molecule has 6 nitrogen and oxygen atoms in total. The molecule has 0 saturated heterocycles. The number of nitrogens with one attached hydrogen (secondary N) is 1. The highest BCUT2D eigenvalue weighted by Gasteiger charge is 2.03. The zero-order valence-corrected chi connectivity index (χ0v) is 13.8. The molecule has 1 amide bonds. The molecule has 0 saturated carbocycles. The molecule has 1 rings (SSSR count). The summed E-state index contributed by atoms with van der Waals surface area (Å²) >= 11 is 1.57. The molecule has 0 unspecified atom stereocenters. The molecule has 0 aromatic carbocycles. The normalized spacial score (nSPS) is 11.1. The number of carbonyl (C=O) groups excluding carboxylic acids is 2. The van der Waals surface area contributed by atoms with E-state index in [1.807, 2.05) is 24.4 Å². The monoisotopic (exact) mass is 326 g/mol. The second-order valence-electron chi connectivity index (χ2n) is 4.66. The summed E-state index contributed by atoms with van der Waals surface area (Å²) < 4.78 is 4.55. The predicted molar refractivity (Wildman–Crippen MR) is 86.0 cm³/mol. The van der Waals surface area contributed by atoms with Crippen LogP contribution in [0.25, 0.3) is 0 Å². The Morgan fingerprint density at radius 3 is 2.82 bits per heavy atom. The summed E-state index contributed by atoms with van der Waals surface area (Å²) in [5.41, 5.74) is 0.755. The molecule has 1 aromatic rings. The standard InChI is InChI=1S/C15H22N2O4S/c1-12(13-7-6-10-22-13)17-21-11-14(18)16-9-5-3-4-8-15(19)20-2/h6-7,10H,3-5,8-9,11H2,1-2H3,(H,16,18). The quantitative estimate of drug-likeness (QED) is 0.310. The predicted octanol–water partition coefficient (Wildman–Crippen LogP) is 2.34.